The second kappa shape index (κ2) is 6.60. The predicted octanol–water partition coefficient (Wildman–Crippen LogP) is 3.38. The van der Waals surface area contributed by atoms with E-state index in [1.54, 1.807) is 0 Å². The van der Waals surface area contributed by atoms with Crippen molar-refractivity contribution in [2.24, 2.45) is 5.92 Å². The molecule has 0 aliphatic carbocycles. The molecule has 19 heavy (non-hydrogen) atoms. The van der Waals surface area contributed by atoms with E-state index in [0.29, 0.717) is 23.1 Å². The lowest BCUT2D eigenvalue weighted by Gasteiger charge is -2.31. The van der Waals surface area contributed by atoms with Crippen LogP contribution in [-0.2, 0) is 16.1 Å². The summed E-state index contributed by atoms with van der Waals surface area (Å²) in [5.74, 6) is -0.171. The molecule has 0 bridgehead atoms. The van der Waals surface area contributed by atoms with E-state index in [9.17, 15) is 4.79 Å². The third kappa shape index (κ3) is 3.62. The fourth-order valence-electron chi connectivity index (χ4n) is 2.47. The van der Waals surface area contributed by atoms with Crippen molar-refractivity contribution >= 4 is 29.2 Å². The van der Waals surface area contributed by atoms with Crippen LogP contribution in [0.25, 0.3) is 0 Å². The number of esters is 1. The quantitative estimate of drug-likeness (QED) is 0.802. The lowest BCUT2D eigenvalue weighted by atomic mass is 9.98. The largest absolute Gasteiger partial charge is 0.469 e. The summed E-state index contributed by atoms with van der Waals surface area (Å²) in [5, 5.41) is 1.35. The summed E-state index contributed by atoms with van der Waals surface area (Å²) in [4.78, 5) is 13.8. The van der Waals surface area contributed by atoms with E-state index >= 15 is 0 Å². The molecule has 1 fully saturated rings. The van der Waals surface area contributed by atoms with Crippen molar-refractivity contribution in [3.63, 3.8) is 0 Å². The zero-order valence-electron chi connectivity index (χ0n) is 10.9. The molecule has 5 heteroatoms. The van der Waals surface area contributed by atoms with E-state index in [4.69, 9.17) is 27.9 Å². The molecule has 1 saturated heterocycles. The molecule has 0 aromatic heterocycles. The molecule has 104 valence electrons. The van der Waals surface area contributed by atoms with E-state index in [1.165, 1.54) is 7.11 Å². The molecule has 0 radical (unpaired) electrons. The molecule has 0 saturated carbocycles. The van der Waals surface area contributed by atoms with Gasteiger partial charge < -0.3 is 4.74 Å². The summed E-state index contributed by atoms with van der Waals surface area (Å²) in [6.07, 6.45) is 1.88. The standard InChI is InChI=1S/C14H17Cl2NO2/c1-19-14(18)10-4-3-7-17(8-10)9-11-12(15)5-2-6-13(11)16/h2,5-6,10H,3-4,7-9H2,1H3. The minimum Gasteiger partial charge on any atom is -0.469 e. The minimum absolute atomic E-state index is 0.0417. The molecular weight excluding hydrogens is 285 g/mol. The van der Waals surface area contributed by atoms with Gasteiger partial charge in [0.15, 0.2) is 0 Å². The Morgan fingerprint density at radius 2 is 2.11 bits per heavy atom. The average molecular weight is 302 g/mol. The second-order valence-electron chi connectivity index (χ2n) is 4.80. The predicted molar refractivity (Wildman–Crippen MR) is 76.5 cm³/mol. The van der Waals surface area contributed by atoms with E-state index in [2.05, 4.69) is 4.90 Å². The summed E-state index contributed by atoms with van der Waals surface area (Å²) in [6, 6.07) is 5.51. The molecule has 1 heterocycles. The van der Waals surface area contributed by atoms with Crippen LogP contribution in [0.5, 0.6) is 0 Å². The summed E-state index contributed by atoms with van der Waals surface area (Å²) in [5.41, 5.74) is 0.927. The number of piperidine rings is 1. The Hall–Kier alpha value is -0.770. The SMILES string of the molecule is COC(=O)C1CCCN(Cc2c(Cl)cccc2Cl)C1. The van der Waals surface area contributed by atoms with Crippen molar-refractivity contribution in [1.82, 2.24) is 4.90 Å². The van der Waals surface area contributed by atoms with E-state index in [0.717, 1.165) is 24.9 Å². The van der Waals surface area contributed by atoms with Gasteiger partial charge in [0.2, 0.25) is 0 Å². The fourth-order valence-corrected chi connectivity index (χ4v) is 2.98. The number of hydrogen-bond acceptors (Lipinski definition) is 3. The zero-order chi connectivity index (χ0) is 13.8. The number of likely N-dealkylation sites (tertiary alicyclic amines) is 1. The first-order chi connectivity index (χ1) is 9.11. The lowest BCUT2D eigenvalue weighted by molar-refractivity contribution is -0.147. The number of methoxy groups -OCH3 is 1. The van der Waals surface area contributed by atoms with Gasteiger partial charge in [0.25, 0.3) is 0 Å². The van der Waals surface area contributed by atoms with E-state index in [-0.39, 0.29) is 11.9 Å². The third-order valence-electron chi connectivity index (χ3n) is 3.48. The Kier molecular flexibility index (Phi) is 5.08. The number of carbonyl (C=O) groups excluding carboxylic acids is 1. The van der Waals surface area contributed by atoms with Crippen molar-refractivity contribution < 1.29 is 9.53 Å². The lowest BCUT2D eigenvalue weighted by Crippen LogP contribution is -2.38. The van der Waals surface area contributed by atoms with Gasteiger partial charge in [-0.15, -0.1) is 0 Å². The van der Waals surface area contributed by atoms with Gasteiger partial charge in [0.05, 0.1) is 13.0 Å². The molecule has 0 amide bonds. The first kappa shape index (κ1) is 14.6. The normalized spacial score (nSPS) is 20.3. The number of hydrogen-bond donors (Lipinski definition) is 0. The van der Waals surface area contributed by atoms with Crippen LogP contribution in [0.1, 0.15) is 18.4 Å². The van der Waals surface area contributed by atoms with Gasteiger partial charge in [0, 0.05) is 28.7 Å². The Morgan fingerprint density at radius 1 is 1.42 bits per heavy atom. The molecule has 1 aromatic rings. The number of nitrogens with zero attached hydrogens (tertiary/aromatic N) is 1. The molecule has 3 nitrogen and oxygen atoms in total. The van der Waals surface area contributed by atoms with Gasteiger partial charge >= 0.3 is 5.97 Å². The first-order valence-electron chi connectivity index (χ1n) is 6.35. The number of halogens is 2. The number of rotatable bonds is 3. The molecule has 0 N–H and O–H groups in total. The van der Waals surface area contributed by atoms with Gasteiger partial charge in [-0.1, -0.05) is 29.3 Å². The van der Waals surface area contributed by atoms with Crippen LogP contribution in [0.3, 0.4) is 0 Å². The summed E-state index contributed by atoms with van der Waals surface area (Å²) >= 11 is 12.3. The van der Waals surface area contributed by atoms with Crippen molar-refractivity contribution in [1.29, 1.82) is 0 Å². The molecule has 1 unspecified atom stereocenters. The molecule has 1 aliphatic rings. The Balaban J connectivity index is 2.05. The van der Waals surface area contributed by atoms with Crippen molar-refractivity contribution in [2.75, 3.05) is 20.2 Å². The molecule has 0 spiro atoms. The van der Waals surface area contributed by atoms with Gasteiger partial charge in [0.1, 0.15) is 0 Å². The van der Waals surface area contributed by atoms with Crippen LogP contribution in [0, 0.1) is 5.92 Å². The molecule has 1 atom stereocenters. The van der Waals surface area contributed by atoms with Crippen LogP contribution in [0.4, 0.5) is 0 Å². The molecule has 1 aromatic carbocycles. The third-order valence-corrected chi connectivity index (χ3v) is 4.19. The van der Waals surface area contributed by atoms with Crippen molar-refractivity contribution in [3.8, 4) is 0 Å². The van der Waals surface area contributed by atoms with Crippen LogP contribution in [-0.4, -0.2) is 31.1 Å². The molecule has 2 rings (SSSR count). The summed E-state index contributed by atoms with van der Waals surface area (Å²) < 4.78 is 4.82. The Morgan fingerprint density at radius 3 is 2.74 bits per heavy atom. The maximum absolute atomic E-state index is 11.6. The second-order valence-corrected chi connectivity index (χ2v) is 5.61. The first-order valence-corrected chi connectivity index (χ1v) is 7.10. The average Bonchev–Trinajstić information content (AvgIpc) is 2.42. The zero-order valence-corrected chi connectivity index (χ0v) is 12.4. The topological polar surface area (TPSA) is 29.5 Å². The smallest absolute Gasteiger partial charge is 0.309 e. The number of ether oxygens (including phenoxy) is 1. The van der Waals surface area contributed by atoms with Crippen LogP contribution in [0.2, 0.25) is 10.0 Å². The highest BCUT2D eigenvalue weighted by atomic mass is 35.5. The maximum Gasteiger partial charge on any atom is 0.309 e. The highest BCUT2D eigenvalue weighted by Gasteiger charge is 2.26. The van der Waals surface area contributed by atoms with Crippen LogP contribution in [0.15, 0.2) is 18.2 Å². The summed E-state index contributed by atoms with van der Waals surface area (Å²) in [7, 11) is 1.44. The highest BCUT2D eigenvalue weighted by Crippen LogP contribution is 2.27. The van der Waals surface area contributed by atoms with Crippen molar-refractivity contribution in [2.45, 2.75) is 19.4 Å². The fraction of sp³-hybridized carbons (Fsp3) is 0.500. The van der Waals surface area contributed by atoms with Gasteiger partial charge in [-0.2, -0.15) is 0 Å². The Labute approximate surface area is 123 Å². The number of benzene rings is 1. The summed E-state index contributed by atoms with van der Waals surface area (Å²) in [6.45, 7) is 2.33. The molecular formula is C14H17Cl2NO2. The van der Waals surface area contributed by atoms with E-state index < -0.39 is 0 Å². The van der Waals surface area contributed by atoms with E-state index in [1.807, 2.05) is 18.2 Å². The number of carbonyl (C=O) groups is 1. The van der Waals surface area contributed by atoms with Crippen LogP contribution >= 0.6 is 23.2 Å². The van der Waals surface area contributed by atoms with Crippen LogP contribution < -0.4 is 0 Å². The van der Waals surface area contributed by atoms with Gasteiger partial charge in [-0.25, -0.2) is 0 Å². The monoisotopic (exact) mass is 301 g/mol. The minimum atomic E-state index is -0.130. The Bertz CT molecular complexity index is 445. The van der Waals surface area contributed by atoms with Crippen molar-refractivity contribution in [3.05, 3.63) is 33.8 Å². The van der Waals surface area contributed by atoms with Gasteiger partial charge in [-0.3, -0.25) is 9.69 Å². The highest BCUT2D eigenvalue weighted by molar-refractivity contribution is 6.35. The maximum atomic E-state index is 11.6. The molecule has 1 aliphatic heterocycles. The van der Waals surface area contributed by atoms with Gasteiger partial charge in [-0.05, 0) is 31.5 Å².